The van der Waals surface area contributed by atoms with Crippen LogP contribution in [0.5, 0.6) is 5.75 Å². The molecule has 1 amide bonds. The molecule has 5 rings (SSSR count). The Morgan fingerprint density at radius 3 is 2.35 bits per heavy atom. The summed E-state index contributed by atoms with van der Waals surface area (Å²) < 4.78 is 6.00. The number of fused-ring (bicyclic) bond motifs is 3. The summed E-state index contributed by atoms with van der Waals surface area (Å²) in [6.45, 7) is 5.13. The lowest BCUT2D eigenvalue weighted by Gasteiger charge is -2.28. The predicted molar refractivity (Wildman–Crippen MR) is 204 cm³/mol. The first-order valence-corrected chi connectivity index (χ1v) is 17.3. The van der Waals surface area contributed by atoms with Gasteiger partial charge in [-0.1, -0.05) is 84.0 Å². The van der Waals surface area contributed by atoms with Gasteiger partial charge < -0.3 is 42.0 Å². The Kier molecular flexibility index (Phi) is 14.6. The summed E-state index contributed by atoms with van der Waals surface area (Å²) in [6.07, 6.45) is 1.44. The standard InChI is InChI=1S/C24H25N5O2.C15H23N3O3/c1-24(2,16-10-12-17(13-11-16)28-29-25)26-14-18(30)15-31-22-9-5-8-21-23(22)19-6-3-4-7-20(19)27-21;16-9-5-4-8-13(15(20)21)18-14(19)12(17)10-11-6-2-1-3-7-11/h3-13,18,26-27,30H,14-15H2,1-2H3;1-3,6-7,12-13H,4-5,8-10,16-17H2,(H,18,19)(H,20,21)/t;12-,13-/m.0/s1. The van der Waals surface area contributed by atoms with Gasteiger partial charge in [0.15, 0.2) is 0 Å². The van der Waals surface area contributed by atoms with E-state index in [9.17, 15) is 14.7 Å². The third-order valence-electron chi connectivity index (χ3n) is 8.65. The highest BCUT2D eigenvalue weighted by atomic mass is 16.5. The minimum absolute atomic E-state index is 0.178. The molecule has 5 aromatic rings. The third kappa shape index (κ3) is 11.3. The molecule has 9 N–H and O–H groups in total. The number of aliphatic hydroxyl groups excluding tert-OH is 1. The van der Waals surface area contributed by atoms with Gasteiger partial charge in [-0.3, -0.25) is 4.79 Å². The highest BCUT2D eigenvalue weighted by molar-refractivity contribution is 6.10. The van der Waals surface area contributed by atoms with E-state index in [0.29, 0.717) is 38.0 Å². The molecule has 0 aliphatic heterocycles. The van der Waals surface area contributed by atoms with Gasteiger partial charge >= 0.3 is 5.97 Å². The van der Waals surface area contributed by atoms with E-state index in [4.69, 9.17) is 26.8 Å². The molecule has 13 heteroatoms. The Morgan fingerprint density at radius 2 is 1.65 bits per heavy atom. The van der Waals surface area contributed by atoms with Crippen LogP contribution < -0.4 is 26.8 Å². The lowest BCUT2D eigenvalue weighted by Crippen LogP contribution is -2.49. The summed E-state index contributed by atoms with van der Waals surface area (Å²) in [6, 6.07) is 29.1. The highest BCUT2D eigenvalue weighted by Crippen LogP contribution is 2.33. The number of carboxylic acids is 1. The van der Waals surface area contributed by atoms with Crippen LogP contribution in [0.1, 0.15) is 44.2 Å². The van der Waals surface area contributed by atoms with Crippen LogP contribution in [-0.2, 0) is 21.5 Å². The first-order valence-electron chi connectivity index (χ1n) is 17.3. The monoisotopic (exact) mass is 708 g/mol. The molecule has 0 aliphatic carbocycles. The molecule has 52 heavy (non-hydrogen) atoms. The van der Waals surface area contributed by atoms with Crippen LogP contribution in [0, 0.1) is 0 Å². The van der Waals surface area contributed by atoms with Crippen LogP contribution >= 0.6 is 0 Å². The average Bonchev–Trinajstić information content (AvgIpc) is 3.53. The maximum Gasteiger partial charge on any atom is 0.326 e. The summed E-state index contributed by atoms with van der Waals surface area (Å²) in [5.41, 5.74) is 24.0. The first-order chi connectivity index (χ1) is 25.0. The number of para-hydroxylation sites is 1. The topological polar surface area (TPSA) is 224 Å². The fraction of sp³-hybridized carbons (Fsp3) is 0.333. The number of nitrogens with two attached hydrogens (primary N) is 2. The number of carboxylic acid groups (broad SMARTS) is 1. The third-order valence-corrected chi connectivity index (χ3v) is 8.65. The summed E-state index contributed by atoms with van der Waals surface area (Å²) in [4.78, 5) is 29.3. The zero-order valence-electron chi connectivity index (χ0n) is 29.5. The Hall–Kier alpha value is -5.43. The Bertz CT molecular complexity index is 1940. The van der Waals surface area contributed by atoms with Crippen molar-refractivity contribution >= 4 is 39.4 Å². The van der Waals surface area contributed by atoms with Crippen molar-refractivity contribution in [2.45, 2.75) is 63.3 Å². The number of amides is 1. The summed E-state index contributed by atoms with van der Waals surface area (Å²) in [7, 11) is 0. The number of aromatic nitrogens is 1. The molecule has 0 radical (unpaired) electrons. The van der Waals surface area contributed by atoms with E-state index in [1.807, 2.05) is 92.7 Å². The molecule has 4 aromatic carbocycles. The van der Waals surface area contributed by atoms with Gasteiger partial charge in [0.2, 0.25) is 5.91 Å². The molecule has 0 spiro atoms. The largest absolute Gasteiger partial charge is 0.490 e. The number of carbonyl (C=O) groups excluding carboxylic acids is 1. The molecule has 1 heterocycles. The van der Waals surface area contributed by atoms with Gasteiger partial charge in [-0.05, 0) is 80.9 Å². The van der Waals surface area contributed by atoms with Gasteiger partial charge in [0, 0.05) is 39.0 Å². The van der Waals surface area contributed by atoms with Crippen LogP contribution in [-0.4, -0.2) is 65.0 Å². The second-order valence-electron chi connectivity index (χ2n) is 13.0. The lowest BCUT2D eigenvalue weighted by atomic mass is 9.94. The number of nitrogens with one attached hydrogen (secondary N) is 3. The molecule has 0 bridgehead atoms. The molecule has 274 valence electrons. The number of ether oxygens (including phenoxy) is 1. The number of aromatic amines is 1. The molecule has 3 atom stereocenters. The fourth-order valence-corrected chi connectivity index (χ4v) is 5.69. The zero-order chi connectivity index (χ0) is 37.5. The number of aliphatic hydroxyl groups is 1. The fourth-order valence-electron chi connectivity index (χ4n) is 5.69. The van der Waals surface area contributed by atoms with Crippen molar-refractivity contribution in [2.75, 3.05) is 19.7 Å². The van der Waals surface area contributed by atoms with Crippen LogP contribution in [0.4, 0.5) is 5.69 Å². The molecular formula is C39H48N8O5. The van der Waals surface area contributed by atoms with Crippen LogP contribution in [0.25, 0.3) is 32.2 Å². The van der Waals surface area contributed by atoms with Crippen LogP contribution in [0.3, 0.4) is 0 Å². The molecule has 1 aromatic heterocycles. The van der Waals surface area contributed by atoms with E-state index in [1.165, 1.54) is 0 Å². The van der Waals surface area contributed by atoms with Crippen LogP contribution in [0.15, 0.2) is 102 Å². The van der Waals surface area contributed by atoms with Gasteiger partial charge in [0.05, 0.1) is 11.6 Å². The van der Waals surface area contributed by atoms with E-state index in [1.54, 1.807) is 12.1 Å². The Balaban J connectivity index is 0.000000253. The normalized spacial score (nSPS) is 12.9. The summed E-state index contributed by atoms with van der Waals surface area (Å²) in [5.74, 6) is -0.742. The number of rotatable bonds is 17. The number of carbonyl (C=O) groups is 2. The van der Waals surface area contributed by atoms with Gasteiger partial charge in [0.25, 0.3) is 0 Å². The van der Waals surface area contributed by atoms with Gasteiger partial charge in [0.1, 0.15) is 24.5 Å². The number of H-pyrrole nitrogens is 1. The number of nitrogens with zero attached hydrogens (tertiary/aromatic N) is 3. The van der Waals surface area contributed by atoms with Crippen molar-refractivity contribution in [3.63, 3.8) is 0 Å². The SMILES string of the molecule is CC(C)(NCC(O)COc1cccc2[nH]c3ccccc3c12)c1ccc(N=[N+]=[N-])cc1.NCCCC[C@H](NC(=O)[C@@H](N)Cc1ccccc1)C(=O)O. The minimum Gasteiger partial charge on any atom is -0.490 e. The molecule has 0 fully saturated rings. The minimum atomic E-state index is -1.05. The molecule has 0 saturated heterocycles. The van der Waals surface area contributed by atoms with Gasteiger partial charge in [-0.15, -0.1) is 0 Å². The quantitative estimate of drug-likeness (QED) is 0.0271. The number of benzene rings is 4. The van der Waals surface area contributed by atoms with E-state index < -0.39 is 30.1 Å². The maximum absolute atomic E-state index is 12.0. The number of hydrogen-bond acceptors (Lipinski definition) is 8. The lowest BCUT2D eigenvalue weighted by molar-refractivity contribution is -0.142. The molecule has 0 aliphatic rings. The van der Waals surface area contributed by atoms with E-state index in [-0.39, 0.29) is 12.1 Å². The van der Waals surface area contributed by atoms with E-state index in [0.717, 1.165) is 45.1 Å². The van der Waals surface area contributed by atoms with E-state index >= 15 is 0 Å². The zero-order valence-corrected chi connectivity index (χ0v) is 29.5. The molecule has 13 nitrogen and oxygen atoms in total. The van der Waals surface area contributed by atoms with Crippen molar-refractivity contribution in [3.8, 4) is 5.75 Å². The van der Waals surface area contributed by atoms with Crippen molar-refractivity contribution < 1.29 is 24.5 Å². The van der Waals surface area contributed by atoms with E-state index in [2.05, 4.69) is 31.7 Å². The van der Waals surface area contributed by atoms with Gasteiger partial charge in [-0.2, -0.15) is 0 Å². The Labute approximate surface area is 303 Å². The molecule has 1 unspecified atom stereocenters. The van der Waals surface area contributed by atoms with Crippen molar-refractivity contribution in [1.29, 1.82) is 0 Å². The summed E-state index contributed by atoms with van der Waals surface area (Å²) >= 11 is 0. The van der Waals surface area contributed by atoms with Gasteiger partial charge in [-0.25, -0.2) is 4.79 Å². The first kappa shape index (κ1) is 39.4. The number of azide groups is 1. The predicted octanol–water partition coefficient (Wildman–Crippen LogP) is 5.78. The van der Waals surface area contributed by atoms with Crippen molar-refractivity contribution in [2.24, 2.45) is 16.6 Å². The summed E-state index contributed by atoms with van der Waals surface area (Å²) in [5, 5.41) is 31.2. The second kappa shape index (κ2) is 19.3. The maximum atomic E-state index is 12.0. The van der Waals surface area contributed by atoms with Crippen LogP contribution in [0.2, 0.25) is 0 Å². The molecular weight excluding hydrogens is 660 g/mol. The number of unbranched alkanes of at least 4 members (excludes halogenated alkanes) is 1. The second-order valence-corrected chi connectivity index (χ2v) is 13.0. The molecule has 0 saturated carbocycles. The highest BCUT2D eigenvalue weighted by Gasteiger charge is 2.23. The van der Waals surface area contributed by atoms with Crippen molar-refractivity contribution in [1.82, 2.24) is 15.6 Å². The smallest absolute Gasteiger partial charge is 0.326 e. The number of hydrogen-bond donors (Lipinski definition) is 7. The average molecular weight is 709 g/mol. The Morgan fingerprint density at radius 1 is 0.962 bits per heavy atom. The van der Waals surface area contributed by atoms with Crippen molar-refractivity contribution in [3.05, 3.63) is 119 Å². The number of aliphatic carboxylic acids is 1.